The molecule has 1 aromatic heterocycles. The lowest BCUT2D eigenvalue weighted by molar-refractivity contribution is 0.202. The summed E-state index contributed by atoms with van der Waals surface area (Å²) in [5.41, 5.74) is 1.59. The van der Waals surface area contributed by atoms with Gasteiger partial charge in [-0.15, -0.1) is 0 Å². The van der Waals surface area contributed by atoms with Crippen molar-refractivity contribution in [3.05, 3.63) is 69.9 Å². The maximum atomic E-state index is 14.8. The maximum absolute atomic E-state index is 14.8. The Morgan fingerprint density at radius 3 is 2.48 bits per heavy atom. The van der Waals surface area contributed by atoms with E-state index in [1.807, 2.05) is 24.3 Å². The molecule has 3 aromatic rings. The molecular formula is C24H30FN3O2P+. The van der Waals surface area contributed by atoms with Crippen LogP contribution in [0.5, 0.6) is 0 Å². The van der Waals surface area contributed by atoms with Crippen molar-refractivity contribution in [1.82, 2.24) is 15.1 Å². The highest BCUT2D eigenvalue weighted by molar-refractivity contribution is 7.77. The van der Waals surface area contributed by atoms with Gasteiger partial charge < -0.3 is 0 Å². The topological polar surface area (TPSA) is 69.2 Å². The van der Waals surface area contributed by atoms with Crippen LogP contribution in [0.4, 0.5) is 4.39 Å². The minimum absolute atomic E-state index is 0.200. The summed E-state index contributed by atoms with van der Waals surface area (Å²) < 4.78 is 14.8. The van der Waals surface area contributed by atoms with Crippen LogP contribution in [-0.2, 0) is 6.42 Å². The van der Waals surface area contributed by atoms with Gasteiger partial charge >= 0.3 is 0 Å². The number of aromatic nitrogens is 2. The van der Waals surface area contributed by atoms with Crippen molar-refractivity contribution in [1.29, 1.82) is 0 Å². The van der Waals surface area contributed by atoms with E-state index in [4.69, 9.17) is 0 Å². The van der Waals surface area contributed by atoms with Crippen LogP contribution in [0.25, 0.3) is 10.8 Å². The molecule has 7 heteroatoms. The number of rotatable bonds is 4. The summed E-state index contributed by atoms with van der Waals surface area (Å²) in [5, 5.41) is 8.64. The van der Waals surface area contributed by atoms with Gasteiger partial charge in [-0.1, -0.05) is 45.0 Å². The van der Waals surface area contributed by atoms with E-state index in [0.717, 1.165) is 36.3 Å². The fourth-order valence-corrected chi connectivity index (χ4v) is 7.21. The quantitative estimate of drug-likeness (QED) is 0.607. The molecule has 2 N–H and O–H groups in total. The average Bonchev–Trinajstić information content (AvgIpc) is 2.72. The van der Waals surface area contributed by atoms with E-state index < -0.39 is 7.49 Å². The van der Waals surface area contributed by atoms with Gasteiger partial charge in [0.15, 0.2) is 18.6 Å². The SMILES string of the molecule is CC(C)(C)CN1CC[P+](O)(c2cc(Cc3n[nH]c(=O)c4ccccc34)ccc2F)CC1. The molecule has 0 amide bonds. The summed E-state index contributed by atoms with van der Waals surface area (Å²) in [6.45, 7) is 9.18. The molecule has 1 fully saturated rings. The van der Waals surface area contributed by atoms with Crippen LogP contribution < -0.4 is 10.9 Å². The lowest BCUT2D eigenvalue weighted by Gasteiger charge is -2.35. The summed E-state index contributed by atoms with van der Waals surface area (Å²) >= 11 is 0. The highest BCUT2D eigenvalue weighted by Crippen LogP contribution is 2.55. The second-order valence-electron chi connectivity index (χ2n) is 9.71. The second kappa shape index (κ2) is 8.42. The van der Waals surface area contributed by atoms with Crippen molar-refractivity contribution in [3.63, 3.8) is 0 Å². The summed E-state index contributed by atoms with van der Waals surface area (Å²) in [6.07, 6.45) is 1.69. The summed E-state index contributed by atoms with van der Waals surface area (Å²) in [7, 11) is -2.54. The van der Waals surface area contributed by atoms with Crippen LogP contribution in [0.3, 0.4) is 0 Å². The van der Waals surface area contributed by atoms with Crippen LogP contribution in [0.15, 0.2) is 47.3 Å². The molecule has 4 rings (SSSR count). The van der Waals surface area contributed by atoms with E-state index in [-0.39, 0.29) is 16.8 Å². The molecule has 2 heterocycles. The molecule has 2 aromatic carbocycles. The third-order valence-electron chi connectivity index (χ3n) is 5.88. The average molecular weight is 442 g/mol. The molecule has 0 atom stereocenters. The summed E-state index contributed by atoms with van der Waals surface area (Å²) in [6, 6.07) is 12.4. The van der Waals surface area contributed by atoms with Crippen LogP contribution in [0.1, 0.15) is 32.0 Å². The van der Waals surface area contributed by atoms with E-state index >= 15 is 0 Å². The molecule has 0 saturated carbocycles. The summed E-state index contributed by atoms with van der Waals surface area (Å²) in [4.78, 5) is 25.8. The lowest BCUT2D eigenvalue weighted by atomic mass is 9.96. The Kier molecular flexibility index (Phi) is 5.99. The first-order chi connectivity index (χ1) is 14.6. The molecule has 0 spiro atoms. The number of aromatic amines is 1. The molecule has 5 nitrogen and oxygen atoms in total. The van der Waals surface area contributed by atoms with Gasteiger partial charge in [-0.2, -0.15) is 5.10 Å². The van der Waals surface area contributed by atoms with Crippen molar-refractivity contribution >= 4 is 23.6 Å². The smallest absolute Gasteiger partial charge is 0.272 e. The molecule has 0 radical (unpaired) electrons. The predicted molar refractivity (Wildman–Crippen MR) is 126 cm³/mol. The van der Waals surface area contributed by atoms with Gasteiger partial charge in [0.1, 0.15) is 12.3 Å². The lowest BCUT2D eigenvalue weighted by Crippen LogP contribution is -2.43. The van der Waals surface area contributed by atoms with Crippen LogP contribution in [0.2, 0.25) is 0 Å². The third kappa shape index (κ3) is 4.87. The van der Waals surface area contributed by atoms with E-state index in [1.54, 1.807) is 12.1 Å². The van der Waals surface area contributed by atoms with Crippen LogP contribution in [0, 0.1) is 11.2 Å². The number of hydrogen-bond acceptors (Lipinski definition) is 4. The standard InChI is InChI=1S/C24H29FN3O2P/c1-24(2,3)16-28-10-12-31(30,13-11-28)22-15-17(8-9-20(22)25)14-21-18-6-4-5-7-19(18)23(29)27-26-21/h4-9,15,30H,10-14,16H2,1-3H3/p+1. The van der Waals surface area contributed by atoms with Crippen LogP contribution in [-0.4, -0.2) is 51.9 Å². The number of halogens is 1. The number of H-pyrrole nitrogens is 1. The minimum atomic E-state index is -2.54. The molecule has 0 aliphatic carbocycles. The van der Waals surface area contributed by atoms with Crippen molar-refractivity contribution in [2.75, 3.05) is 32.0 Å². The van der Waals surface area contributed by atoms with Gasteiger partial charge in [-0.25, -0.2) is 14.4 Å². The third-order valence-corrected chi connectivity index (χ3v) is 9.00. The number of nitrogens with one attached hydrogen (secondary N) is 1. The van der Waals surface area contributed by atoms with Gasteiger partial charge in [0.25, 0.3) is 5.56 Å². The maximum Gasteiger partial charge on any atom is 0.272 e. The first-order valence-corrected chi connectivity index (χ1v) is 12.8. The Morgan fingerprint density at radius 1 is 1.13 bits per heavy atom. The largest absolute Gasteiger partial charge is 0.295 e. The molecule has 1 saturated heterocycles. The zero-order valence-corrected chi connectivity index (χ0v) is 19.3. The van der Waals surface area contributed by atoms with Crippen LogP contribution >= 0.6 is 7.49 Å². The number of hydrogen-bond donors (Lipinski definition) is 2. The Hall–Kier alpha value is -2.14. The molecule has 1 aliphatic heterocycles. The minimum Gasteiger partial charge on any atom is -0.295 e. The Labute approximate surface area is 182 Å². The van der Waals surface area contributed by atoms with E-state index in [9.17, 15) is 14.1 Å². The predicted octanol–water partition coefficient (Wildman–Crippen LogP) is 3.56. The fourth-order valence-electron chi connectivity index (χ4n) is 4.39. The molecule has 164 valence electrons. The van der Waals surface area contributed by atoms with Gasteiger partial charge in [0.2, 0.25) is 0 Å². The highest BCUT2D eigenvalue weighted by Gasteiger charge is 2.44. The number of benzene rings is 2. The molecule has 0 unspecified atom stereocenters. The highest BCUT2D eigenvalue weighted by atomic mass is 31.2. The normalized spacial score (nSPS) is 17.2. The molecule has 1 aliphatic rings. The van der Waals surface area contributed by atoms with Crippen molar-refractivity contribution in [2.45, 2.75) is 27.2 Å². The van der Waals surface area contributed by atoms with E-state index in [2.05, 4.69) is 35.9 Å². The van der Waals surface area contributed by atoms with Gasteiger partial charge in [0, 0.05) is 31.4 Å². The molecule has 0 bridgehead atoms. The van der Waals surface area contributed by atoms with E-state index in [0.29, 0.717) is 29.4 Å². The van der Waals surface area contributed by atoms with Crippen molar-refractivity contribution in [2.24, 2.45) is 5.41 Å². The zero-order valence-electron chi connectivity index (χ0n) is 18.4. The van der Waals surface area contributed by atoms with Crippen molar-refractivity contribution < 1.29 is 9.28 Å². The Bertz CT molecular complexity index is 1150. The Balaban J connectivity index is 1.59. The second-order valence-corrected chi connectivity index (χ2v) is 12.9. The fraction of sp³-hybridized carbons (Fsp3) is 0.417. The first-order valence-electron chi connectivity index (χ1n) is 10.7. The van der Waals surface area contributed by atoms with Crippen molar-refractivity contribution in [3.8, 4) is 0 Å². The molecule has 31 heavy (non-hydrogen) atoms. The monoisotopic (exact) mass is 442 g/mol. The number of fused-ring (bicyclic) bond motifs is 1. The van der Waals surface area contributed by atoms with E-state index in [1.165, 1.54) is 6.07 Å². The van der Waals surface area contributed by atoms with Gasteiger partial charge in [-0.3, -0.25) is 9.69 Å². The number of nitrogens with zero attached hydrogens (tertiary/aromatic N) is 2. The molecular weight excluding hydrogens is 412 g/mol. The zero-order chi connectivity index (χ0) is 22.2. The first kappa shape index (κ1) is 22.1. The summed E-state index contributed by atoms with van der Waals surface area (Å²) in [5.74, 6) is -0.330. The van der Waals surface area contributed by atoms with Gasteiger partial charge in [-0.05, 0) is 29.2 Å². The Morgan fingerprint density at radius 2 is 1.81 bits per heavy atom. The van der Waals surface area contributed by atoms with Gasteiger partial charge in [0.05, 0.1) is 11.1 Å².